The van der Waals surface area contributed by atoms with Crippen LogP contribution < -0.4 is 5.73 Å². The van der Waals surface area contributed by atoms with Gasteiger partial charge in [-0.05, 0) is 69.0 Å². The second-order valence-corrected chi connectivity index (χ2v) is 9.11. The van der Waals surface area contributed by atoms with Gasteiger partial charge in [-0.3, -0.25) is 4.79 Å². The van der Waals surface area contributed by atoms with Crippen molar-refractivity contribution in [3.63, 3.8) is 0 Å². The molecule has 0 spiro atoms. The van der Waals surface area contributed by atoms with E-state index in [-0.39, 0.29) is 17.3 Å². The number of hydrogen-bond donors (Lipinski definition) is 1. The molecule has 2 N–H and O–H groups in total. The fraction of sp³-hybridized carbons (Fsp3) is 0.321. The number of primary amides is 1. The molecule has 3 aromatic rings. The van der Waals surface area contributed by atoms with E-state index in [4.69, 9.17) is 5.73 Å². The molecular weight excluding hydrogens is 399 g/mol. The van der Waals surface area contributed by atoms with Gasteiger partial charge >= 0.3 is 0 Å². The Morgan fingerprint density at radius 1 is 0.844 bits per heavy atom. The Labute approximate surface area is 191 Å². The zero-order valence-electron chi connectivity index (χ0n) is 19.2. The van der Waals surface area contributed by atoms with Crippen molar-refractivity contribution in [3.8, 4) is 0 Å². The van der Waals surface area contributed by atoms with E-state index in [2.05, 4.69) is 25.8 Å². The Morgan fingerprint density at radius 3 is 1.81 bits per heavy atom. The van der Waals surface area contributed by atoms with Crippen LogP contribution >= 0.6 is 0 Å². The van der Waals surface area contributed by atoms with Crippen molar-refractivity contribution in [2.45, 2.75) is 44.1 Å². The largest absolute Gasteiger partial charge is 0.369 e. The van der Waals surface area contributed by atoms with Crippen LogP contribution in [-0.2, 0) is 16.6 Å². The van der Waals surface area contributed by atoms with Gasteiger partial charge in [0.15, 0.2) is 0 Å². The number of rotatable bonds is 10. The van der Waals surface area contributed by atoms with Gasteiger partial charge in [-0.25, -0.2) is 4.39 Å². The normalized spacial score (nSPS) is 12.2. The summed E-state index contributed by atoms with van der Waals surface area (Å²) in [5.74, 6) is -0.549. The molecule has 0 aliphatic heterocycles. The van der Waals surface area contributed by atoms with E-state index >= 15 is 0 Å². The third-order valence-electron chi connectivity index (χ3n) is 6.75. The maximum Gasteiger partial charge on any atom is 0.232 e. The molecule has 4 heteroatoms. The minimum atomic E-state index is -0.891. The predicted molar refractivity (Wildman–Crippen MR) is 129 cm³/mol. The average molecular weight is 433 g/mol. The molecule has 0 unspecified atom stereocenters. The van der Waals surface area contributed by atoms with Crippen LogP contribution in [0.1, 0.15) is 43.4 Å². The van der Waals surface area contributed by atoms with E-state index in [1.54, 1.807) is 0 Å². The number of carbonyl (C=O) groups excluding carboxylic acids is 1. The van der Waals surface area contributed by atoms with Crippen molar-refractivity contribution in [1.82, 2.24) is 4.90 Å². The summed E-state index contributed by atoms with van der Waals surface area (Å²) in [6.45, 7) is 5.22. The molecule has 1 amide bonds. The summed E-state index contributed by atoms with van der Waals surface area (Å²) >= 11 is 0. The standard InChI is InChI=1S/C28H33FN2O/c1-27(2,31(3)21-18-22-14-16-25(29)17-15-22)19-20-28(26(30)32,23-10-6-4-7-11-23)24-12-8-5-9-13-24/h4-17H,18-21H2,1-3H3,(H2,30,32). The maximum absolute atomic E-state index is 13.2. The van der Waals surface area contributed by atoms with Crippen LogP contribution in [0.2, 0.25) is 0 Å². The van der Waals surface area contributed by atoms with E-state index in [1.165, 1.54) is 12.1 Å². The molecule has 0 aromatic heterocycles. The van der Waals surface area contributed by atoms with Crippen LogP contribution in [0.3, 0.4) is 0 Å². The van der Waals surface area contributed by atoms with Gasteiger partial charge in [0.2, 0.25) is 5.91 Å². The first-order valence-electron chi connectivity index (χ1n) is 11.1. The summed E-state index contributed by atoms with van der Waals surface area (Å²) in [7, 11) is 2.10. The SMILES string of the molecule is CN(CCc1ccc(F)cc1)C(C)(C)CCC(C(N)=O)(c1ccccc1)c1ccccc1. The van der Waals surface area contributed by atoms with Gasteiger partial charge < -0.3 is 10.6 Å². The molecule has 0 heterocycles. The van der Waals surface area contributed by atoms with E-state index in [0.717, 1.165) is 36.1 Å². The van der Waals surface area contributed by atoms with Crippen molar-refractivity contribution in [2.75, 3.05) is 13.6 Å². The number of likely N-dealkylation sites (N-methyl/N-ethyl adjacent to an activating group) is 1. The smallest absolute Gasteiger partial charge is 0.232 e. The predicted octanol–water partition coefficient (Wildman–Crippen LogP) is 5.33. The number of amides is 1. The van der Waals surface area contributed by atoms with E-state index < -0.39 is 5.41 Å². The lowest BCUT2D eigenvalue weighted by molar-refractivity contribution is -0.122. The third-order valence-corrected chi connectivity index (χ3v) is 6.75. The fourth-order valence-corrected chi connectivity index (χ4v) is 4.24. The van der Waals surface area contributed by atoms with Crippen molar-refractivity contribution < 1.29 is 9.18 Å². The zero-order chi connectivity index (χ0) is 23.2. The Kier molecular flexibility index (Phi) is 7.47. The van der Waals surface area contributed by atoms with Gasteiger partial charge in [0.1, 0.15) is 5.82 Å². The van der Waals surface area contributed by atoms with Crippen molar-refractivity contribution in [3.05, 3.63) is 107 Å². The summed E-state index contributed by atoms with van der Waals surface area (Å²) in [5, 5.41) is 0. The molecular formula is C28H33FN2O. The maximum atomic E-state index is 13.2. The van der Waals surface area contributed by atoms with Gasteiger partial charge in [-0.15, -0.1) is 0 Å². The Balaban J connectivity index is 1.81. The van der Waals surface area contributed by atoms with Crippen LogP contribution in [0.4, 0.5) is 4.39 Å². The van der Waals surface area contributed by atoms with E-state index in [1.807, 2.05) is 72.8 Å². The minimum Gasteiger partial charge on any atom is -0.369 e. The Morgan fingerprint density at radius 2 is 1.34 bits per heavy atom. The molecule has 0 bridgehead atoms. The highest BCUT2D eigenvalue weighted by Gasteiger charge is 2.41. The molecule has 32 heavy (non-hydrogen) atoms. The van der Waals surface area contributed by atoms with Crippen LogP contribution in [0, 0.1) is 5.82 Å². The van der Waals surface area contributed by atoms with Gasteiger partial charge in [-0.2, -0.15) is 0 Å². The summed E-state index contributed by atoms with van der Waals surface area (Å²) in [5.41, 5.74) is 8.00. The molecule has 0 aliphatic carbocycles. The van der Waals surface area contributed by atoms with Gasteiger partial charge in [0.25, 0.3) is 0 Å². The van der Waals surface area contributed by atoms with Crippen LogP contribution in [0.25, 0.3) is 0 Å². The summed E-state index contributed by atoms with van der Waals surface area (Å²) in [6.07, 6.45) is 2.21. The molecule has 0 saturated carbocycles. The molecule has 3 nitrogen and oxygen atoms in total. The number of hydrogen-bond acceptors (Lipinski definition) is 2. The molecule has 3 aromatic carbocycles. The summed E-state index contributed by atoms with van der Waals surface area (Å²) < 4.78 is 13.2. The number of nitrogens with zero attached hydrogens (tertiary/aromatic N) is 1. The van der Waals surface area contributed by atoms with E-state index in [9.17, 15) is 9.18 Å². The van der Waals surface area contributed by atoms with Gasteiger partial charge in [0.05, 0.1) is 5.41 Å². The monoisotopic (exact) mass is 432 g/mol. The first-order chi connectivity index (χ1) is 15.3. The first kappa shape index (κ1) is 23.7. The van der Waals surface area contributed by atoms with Crippen molar-refractivity contribution in [1.29, 1.82) is 0 Å². The molecule has 168 valence electrons. The molecule has 0 radical (unpaired) electrons. The highest BCUT2D eigenvalue weighted by Crippen LogP contribution is 2.39. The second-order valence-electron chi connectivity index (χ2n) is 9.11. The lowest BCUT2D eigenvalue weighted by atomic mass is 9.69. The lowest BCUT2D eigenvalue weighted by Gasteiger charge is -2.40. The summed E-state index contributed by atoms with van der Waals surface area (Å²) in [4.78, 5) is 15.3. The quantitative estimate of drug-likeness (QED) is 0.471. The lowest BCUT2D eigenvalue weighted by Crippen LogP contribution is -2.47. The second kappa shape index (κ2) is 10.1. The first-order valence-corrected chi connectivity index (χ1v) is 11.1. The number of halogens is 1. The van der Waals surface area contributed by atoms with E-state index in [0.29, 0.717) is 6.42 Å². The number of benzene rings is 3. The Hall–Kier alpha value is -2.98. The van der Waals surface area contributed by atoms with Gasteiger partial charge in [-0.1, -0.05) is 72.8 Å². The molecule has 0 saturated heterocycles. The minimum absolute atomic E-state index is 0.162. The van der Waals surface area contributed by atoms with Crippen LogP contribution in [-0.4, -0.2) is 29.9 Å². The number of carbonyl (C=O) groups is 1. The van der Waals surface area contributed by atoms with Crippen LogP contribution in [0.5, 0.6) is 0 Å². The molecule has 3 rings (SSSR count). The highest BCUT2D eigenvalue weighted by atomic mass is 19.1. The third kappa shape index (κ3) is 5.25. The average Bonchev–Trinajstić information content (AvgIpc) is 2.80. The molecule has 0 aliphatic rings. The molecule has 0 fully saturated rings. The van der Waals surface area contributed by atoms with Crippen LogP contribution in [0.15, 0.2) is 84.9 Å². The Bertz CT molecular complexity index is 961. The van der Waals surface area contributed by atoms with Gasteiger partial charge in [0, 0.05) is 12.1 Å². The summed E-state index contributed by atoms with van der Waals surface area (Å²) in [6, 6.07) is 26.3. The zero-order valence-corrected chi connectivity index (χ0v) is 19.2. The topological polar surface area (TPSA) is 46.3 Å². The fourth-order valence-electron chi connectivity index (χ4n) is 4.24. The van der Waals surface area contributed by atoms with Crippen molar-refractivity contribution >= 4 is 5.91 Å². The highest BCUT2D eigenvalue weighted by molar-refractivity contribution is 5.90. The van der Waals surface area contributed by atoms with Crippen molar-refractivity contribution in [2.24, 2.45) is 5.73 Å². The number of nitrogens with two attached hydrogens (primary N) is 1. The molecule has 0 atom stereocenters.